The molecule has 0 bridgehead atoms. The van der Waals surface area contributed by atoms with Gasteiger partial charge in [-0.05, 0) is 50.0 Å². The summed E-state index contributed by atoms with van der Waals surface area (Å²) in [7, 11) is 1.75. The lowest BCUT2D eigenvalue weighted by atomic mass is 9.73. The summed E-state index contributed by atoms with van der Waals surface area (Å²) >= 11 is 0. The highest BCUT2D eigenvalue weighted by Gasteiger charge is 2.50. The lowest BCUT2D eigenvalue weighted by Gasteiger charge is -2.43. The molecule has 6 heteroatoms. The minimum atomic E-state index is -0.832. The van der Waals surface area contributed by atoms with Crippen LogP contribution in [0.2, 0.25) is 0 Å². The number of likely N-dealkylation sites (tertiary alicyclic amines) is 1. The van der Waals surface area contributed by atoms with Gasteiger partial charge in [0.05, 0.1) is 23.7 Å². The van der Waals surface area contributed by atoms with Crippen LogP contribution in [0.5, 0.6) is 0 Å². The molecular weight excluding hydrogens is 404 g/mol. The summed E-state index contributed by atoms with van der Waals surface area (Å²) in [6.45, 7) is 7.00. The number of nitrogens with one attached hydrogen (secondary N) is 1. The molecule has 0 spiro atoms. The van der Waals surface area contributed by atoms with Crippen LogP contribution in [0.1, 0.15) is 57.9 Å². The quantitative estimate of drug-likeness (QED) is 0.706. The van der Waals surface area contributed by atoms with E-state index in [9.17, 15) is 9.90 Å². The maximum atomic E-state index is 13.8. The SMILES string of the molecule is COC1COCCC1N[C@@H]1CC[C@@](C(=O)N2CCC(O)(c3ccccc3)CC2)(C(C)C)C1. The molecule has 1 aromatic carbocycles. The van der Waals surface area contributed by atoms with E-state index in [1.807, 2.05) is 35.2 Å². The molecule has 1 aliphatic carbocycles. The number of carbonyl (C=O) groups excluding carboxylic acids is 1. The van der Waals surface area contributed by atoms with Gasteiger partial charge in [-0.3, -0.25) is 4.79 Å². The monoisotopic (exact) mass is 444 g/mol. The molecule has 6 nitrogen and oxygen atoms in total. The highest BCUT2D eigenvalue weighted by Crippen LogP contribution is 2.47. The van der Waals surface area contributed by atoms with E-state index in [4.69, 9.17) is 9.47 Å². The number of hydrogen-bond acceptors (Lipinski definition) is 5. The molecule has 0 radical (unpaired) electrons. The van der Waals surface area contributed by atoms with E-state index in [0.717, 1.165) is 37.9 Å². The van der Waals surface area contributed by atoms with E-state index in [2.05, 4.69) is 19.2 Å². The van der Waals surface area contributed by atoms with Crippen molar-refractivity contribution in [1.82, 2.24) is 10.2 Å². The molecule has 2 heterocycles. The van der Waals surface area contributed by atoms with E-state index in [1.54, 1.807) is 7.11 Å². The zero-order valence-corrected chi connectivity index (χ0v) is 19.9. The Morgan fingerprint density at radius 3 is 2.56 bits per heavy atom. The summed E-state index contributed by atoms with van der Waals surface area (Å²) < 4.78 is 11.2. The number of amides is 1. The number of benzene rings is 1. The first-order chi connectivity index (χ1) is 15.4. The summed E-state index contributed by atoms with van der Waals surface area (Å²) in [5, 5.41) is 15.0. The number of rotatable bonds is 6. The standard InChI is InChI=1S/C26H40N2O4/c1-19(2)25(11-9-21(17-25)27-22-10-16-32-18-23(22)31-3)24(29)28-14-12-26(30,13-15-28)20-7-5-4-6-8-20/h4-8,19,21-23,27,30H,9-18H2,1-3H3/t21-,22?,23?,25+/m1/s1. The molecule has 1 amide bonds. The predicted molar refractivity (Wildman–Crippen MR) is 124 cm³/mol. The Balaban J connectivity index is 1.40. The minimum Gasteiger partial charge on any atom is -0.385 e. The highest BCUT2D eigenvalue weighted by molar-refractivity contribution is 5.83. The van der Waals surface area contributed by atoms with Crippen molar-refractivity contribution in [2.75, 3.05) is 33.4 Å². The maximum absolute atomic E-state index is 13.8. The molecule has 32 heavy (non-hydrogen) atoms. The molecule has 4 atom stereocenters. The fraction of sp³-hybridized carbons (Fsp3) is 0.731. The van der Waals surface area contributed by atoms with Crippen molar-refractivity contribution >= 4 is 5.91 Å². The van der Waals surface area contributed by atoms with Gasteiger partial charge in [-0.15, -0.1) is 0 Å². The van der Waals surface area contributed by atoms with Crippen molar-refractivity contribution in [1.29, 1.82) is 0 Å². The van der Waals surface area contributed by atoms with Gasteiger partial charge < -0.3 is 24.8 Å². The highest BCUT2D eigenvalue weighted by atomic mass is 16.5. The van der Waals surface area contributed by atoms with E-state index < -0.39 is 5.60 Å². The molecule has 3 fully saturated rings. The molecular formula is C26H40N2O4. The predicted octanol–water partition coefficient (Wildman–Crippen LogP) is 3.09. The summed E-state index contributed by atoms with van der Waals surface area (Å²) in [5.74, 6) is 0.562. The molecule has 2 N–H and O–H groups in total. The summed E-state index contributed by atoms with van der Waals surface area (Å²) in [5.41, 5.74) is -0.200. The summed E-state index contributed by atoms with van der Waals surface area (Å²) in [6, 6.07) is 10.5. The zero-order chi connectivity index (χ0) is 22.8. The maximum Gasteiger partial charge on any atom is 0.229 e. The fourth-order valence-corrected chi connectivity index (χ4v) is 6.05. The van der Waals surface area contributed by atoms with E-state index in [0.29, 0.717) is 38.6 Å². The Kier molecular flexibility index (Phi) is 7.25. The van der Waals surface area contributed by atoms with Gasteiger partial charge in [-0.2, -0.15) is 0 Å². The summed E-state index contributed by atoms with van der Waals surface area (Å²) in [4.78, 5) is 15.9. The van der Waals surface area contributed by atoms with Crippen LogP contribution in [0.3, 0.4) is 0 Å². The van der Waals surface area contributed by atoms with Crippen molar-refractivity contribution in [3.05, 3.63) is 35.9 Å². The van der Waals surface area contributed by atoms with E-state index >= 15 is 0 Å². The Bertz CT molecular complexity index is 762. The molecule has 3 aliphatic rings. The number of ether oxygens (including phenoxy) is 2. The molecule has 0 aromatic heterocycles. The van der Waals surface area contributed by atoms with Crippen LogP contribution in [0.15, 0.2) is 30.3 Å². The zero-order valence-electron chi connectivity index (χ0n) is 19.9. The van der Waals surface area contributed by atoms with Crippen molar-refractivity contribution in [3.63, 3.8) is 0 Å². The van der Waals surface area contributed by atoms with Crippen molar-refractivity contribution < 1.29 is 19.4 Å². The van der Waals surface area contributed by atoms with Crippen LogP contribution in [-0.2, 0) is 19.9 Å². The molecule has 2 unspecified atom stereocenters. The van der Waals surface area contributed by atoms with Gasteiger partial charge in [0.2, 0.25) is 5.91 Å². The third kappa shape index (κ3) is 4.60. The fourth-order valence-electron chi connectivity index (χ4n) is 6.05. The topological polar surface area (TPSA) is 71.0 Å². The van der Waals surface area contributed by atoms with Crippen LogP contribution in [0.4, 0.5) is 0 Å². The first-order valence-corrected chi connectivity index (χ1v) is 12.3. The molecule has 4 rings (SSSR count). The van der Waals surface area contributed by atoms with Crippen LogP contribution in [0.25, 0.3) is 0 Å². The molecule has 178 valence electrons. The lowest BCUT2D eigenvalue weighted by Crippen LogP contribution is -2.53. The van der Waals surface area contributed by atoms with Gasteiger partial charge in [0.25, 0.3) is 0 Å². The van der Waals surface area contributed by atoms with Crippen LogP contribution < -0.4 is 5.32 Å². The molecule has 2 aliphatic heterocycles. The van der Waals surface area contributed by atoms with Crippen LogP contribution >= 0.6 is 0 Å². The number of nitrogens with zero attached hydrogens (tertiary/aromatic N) is 1. The van der Waals surface area contributed by atoms with Crippen molar-refractivity contribution in [3.8, 4) is 0 Å². The van der Waals surface area contributed by atoms with Gasteiger partial charge in [-0.25, -0.2) is 0 Å². The average molecular weight is 445 g/mol. The third-order valence-corrected chi connectivity index (χ3v) is 8.33. The number of aliphatic hydroxyl groups is 1. The van der Waals surface area contributed by atoms with Gasteiger partial charge in [0, 0.05) is 38.9 Å². The Morgan fingerprint density at radius 2 is 1.91 bits per heavy atom. The first kappa shape index (κ1) is 23.7. The van der Waals surface area contributed by atoms with Gasteiger partial charge >= 0.3 is 0 Å². The number of piperidine rings is 1. The molecule has 1 aromatic rings. The minimum absolute atomic E-state index is 0.0752. The van der Waals surface area contributed by atoms with Gasteiger partial charge in [-0.1, -0.05) is 44.2 Å². The van der Waals surface area contributed by atoms with Crippen LogP contribution in [0, 0.1) is 11.3 Å². The second-order valence-electron chi connectivity index (χ2n) is 10.4. The van der Waals surface area contributed by atoms with E-state index in [1.165, 1.54) is 0 Å². The second kappa shape index (κ2) is 9.80. The van der Waals surface area contributed by atoms with Gasteiger partial charge in [0.1, 0.15) is 0 Å². The molecule has 2 saturated heterocycles. The smallest absolute Gasteiger partial charge is 0.229 e. The number of carbonyl (C=O) groups is 1. The average Bonchev–Trinajstić information content (AvgIpc) is 3.25. The Hall–Kier alpha value is -1.47. The number of methoxy groups -OCH3 is 1. The lowest BCUT2D eigenvalue weighted by molar-refractivity contribution is -0.149. The van der Waals surface area contributed by atoms with Crippen molar-refractivity contribution in [2.45, 2.75) is 76.2 Å². The normalized spacial score (nSPS) is 32.9. The third-order valence-electron chi connectivity index (χ3n) is 8.33. The Labute approximate surface area is 192 Å². The second-order valence-corrected chi connectivity index (χ2v) is 10.4. The van der Waals surface area contributed by atoms with Crippen molar-refractivity contribution in [2.24, 2.45) is 11.3 Å². The summed E-state index contributed by atoms with van der Waals surface area (Å²) in [6.07, 6.45) is 5.01. The first-order valence-electron chi connectivity index (χ1n) is 12.3. The van der Waals surface area contributed by atoms with Crippen LogP contribution in [-0.4, -0.2) is 67.5 Å². The molecule has 1 saturated carbocycles. The largest absolute Gasteiger partial charge is 0.385 e. The van der Waals surface area contributed by atoms with Gasteiger partial charge in [0.15, 0.2) is 0 Å². The number of hydrogen-bond donors (Lipinski definition) is 2. The van der Waals surface area contributed by atoms with E-state index in [-0.39, 0.29) is 29.4 Å². The Morgan fingerprint density at radius 1 is 1.19 bits per heavy atom.